The van der Waals surface area contributed by atoms with Gasteiger partial charge < -0.3 is 10.6 Å². The van der Waals surface area contributed by atoms with E-state index < -0.39 is 12.1 Å². The Kier molecular flexibility index (Phi) is 7.57. The highest BCUT2D eigenvalue weighted by Crippen LogP contribution is 2.17. The molecule has 0 heterocycles. The number of hydrogen-bond acceptors (Lipinski definition) is 3. The number of rotatable bonds is 8. The van der Waals surface area contributed by atoms with Gasteiger partial charge in [0.2, 0.25) is 5.91 Å². The van der Waals surface area contributed by atoms with Gasteiger partial charge in [-0.25, -0.2) is 0 Å². The Hall–Kier alpha value is -2.87. The molecule has 2 N–H and O–H groups in total. The van der Waals surface area contributed by atoms with Crippen LogP contribution in [-0.4, -0.2) is 23.9 Å². The van der Waals surface area contributed by atoms with Crippen LogP contribution in [0.25, 0.3) is 10.8 Å². The molecule has 3 atom stereocenters. The van der Waals surface area contributed by atoms with E-state index in [-0.39, 0.29) is 17.7 Å². The van der Waals surface area contributed by atoms with E-state index in [4.69, 9.17) is 0 Å². The van der Waals surface area contributed by atoms with Crippen molar-refractivity contribution in [2.24, 2.45) is 11.8 Å². The summed E-state index contributed by atoms with van der Waals surface area (Å²) < 4.78 is 0. The summed E-state index contributed by atoms with van der Waals surface area (Å²) in [4.78, 5) is 25.6. The smallest absolute Gasteiger partial charge is 0.251 e. The van der Waals surface area contributed by atoms with E-state index in [1.807, 2.05) is 64.1 Å². The van der Waals surface area contributed by atoms with Crippen LogP contribution in [0.5, 0.6) is 0 Å². The fourth-order valence-electron chi connectivity index (χ4n) is 3.13. The van der Waals surface area contributed by atoms with E-state index in [1.165, 1.54) is 0 Å². The number of nitrogens with one attached hydrogen (secondary N) is 2. The first kappa shape index (κ1) is 21.4. The summed E-state index contributed by atoms with van der Waals surface area (Å²) in [7, 11) is 0. The molecule has 0 saturated heterocycles. The number of nitrogens with zero attached hydrogens (tertiary/aromatic N) is 1. The van der Waals surface area contributed by atoms with Crippen LogP contribution in [0.3, 0.4) is 0 Å². The molecule has 28 heavy (non-hydrogen) atoms. The molecule has 0 aliphatic heterocycles. The first-order valence-electron chi connectivity index (χ1n) is 9.85. The maximum Gasteiger partial charge on any atom is 0.251 e. The minimum atomic E-state index is -0.688. The van der Waals surface area contributed by atoms with Crippen LogP contribution in [0.15, 0.2) is 42.5 Å². The van der Waals surface area contributed by atoms with Crippen molar-refractivity contribution in [2.45, 2.75) is 52.6 Å². The second-order valence-electron chi connectivity index (χ2n) is 7.72. The van der Waals surface area contributed by atoms with Crippen molar-refractivity contribution in [3.63, 3.8) is 0 Å². The zero-order chi connectivity index (χ0) is 20.7. The quantitative estimate of drug-likeness (QED) is 0.726. The molecule has 0 saturated carbocycles. The van der Waals surface area contributed by atoms with Gasteiger partial charge in [0.05, 0.1) is 6.07 Å². The highest BCUT2D eigenvalue weighted by atomic mass is 16.2. The highest BCUT2D eigenvalue weighted by molar-refractivity contribution is 6.00. The molecule has 0 aliphatic rings. The predicted octanol–water partition coefficient (Wildman–Crippen LogP) is 4.04. The second kappa shape index (κ2) is 9.89. The van der Waals surface area contributed by atoms with Crippen LogP contribution in [0, 0.1) is 23.2 Å². The molecule has 0 aromatic heterocycles. The monoisotopic (exact) mass is 379 g/mol. The van der Waals surface area contributed by atoms with Crippen LogP contribution in [0.1, 0.15) is 50.9 Å². The number of nitriles is 1. The van der Waals surface area contributed by atoms with Gasteiger partial charge in [-0.05, 0) is 41.2 Å². The SMILES string of the molecule is CCC(C)C(NC(=O)c1ccc2ccccc2c1)C(=O)NC(C#N)CC(C)C. The zero-order valence-electron chi connectivity index (χ0n) is 17.0. The predicted molar refractivity (Wildman–Crippen MR) is 112 cm³/mol. The van der Waals surface area contributed by atoms with Gasteiger partial charge >= 0.3 is 0 Å². The third kappa shape index (κ3) is 5.56. The van der Waals surface area contributed by atoms with E-state index in [1.54, 1.807) is 6.07 Å². The average molecular weight is 380 g/mol. The number of amides is 2. The summed E-state index contributed by atoms with van der Waals surface area (Å²) >= 11 is 0. The van der Waals surface area contributed by atoms with Crippen molar-refractivity contribution < 1.29 is 9.59 Å². The summed E-state index contributed by atoms with van der Waals surface area (Å²) in [6, 6.07) is 14.2. The Morgan fingerprint density at radius 2 is 1.71 bits per heavy atom. The molecule has 0 spiro atoms. The molecule has 0 radical (unpaired) electrons. The van der Waals surface area contributed by atoms with Gasteiger partial charge in [0.15, 0.2) is 0 Å². The maximum atomic E-state index is 12.8. The normalized spacial score (nSPS) is 14.1. The lowest BCUT2D eigenvalue weighted by atomic mass is 9.96. The van der Waals surface area contributed by atoms with Crippen LogP contribution in [0.4, 0.5) is 0 Å². The Labute approximate surface area is 167 Å². The molecule has 5 heteroatoms. The molecule has 2 aromatic carbocycles. The van der Waals surface area contributed by atoms with Crippen molar-refractivity contribution in [3.8, 4) is 6.07 Å². The molecular formula is C23H29N3O2. The average Bonchev–Trinajstić information content (AvgIpc) is 2.69. The van der Waals surface area contributed by atoms with E-state index in [0.717, 1.165) is 17.2 Å². The van der Waals surface area contributed by atoms with Crippen molar-refractivity contribution >= 4 is 22.6 Å². The standard InChI is InChI=1S/C23H29N3O2/c1-5-16(4)21(23(28)25-20(14-24)12-15(2)3)26-22(27)19-11-10-17-8-6-7-9-18(17)13-19/h6-11,13,15-16,20-21H,5,12H2,1-4H3,(H,25,28)(H,26,27). The summed E-state index contributed by atoms with van der Waals surface area (Å²) in [5.41, 5.74) is 0.513. The summed E-state index contributed by atoms with van der Waals surface area (Å²) in [6.07, 6.45) is 1.31. The molecule has 3 unspecified atom stereocenters. The topological polar surface area (TPSA) is 82.0 Å². The lowest BCUT2D eigenvalue weighted by Gasteiger charge is -2.25. The minimum absolute atomic E-state index is 0.0530. The van der Waals surface area contributed by atoms with Crippen molar-refractivity contribution in [3.05, 3.63) is 48.0 Å². The van der Waals surface area contributed by atoms with Crippen LogP contribution in [0.2, 0.25) is 0 Å². The molecule has 0 fully saturated rings. The molecule has 2 amide bonds. The maximum absolute atomic E-state index is 12.8. The van der Waals surface area contributed by atoms with E-state index >= 15 is 0 Å². The Balaban J connectivity index is 2.16. The van der Waals surface area contributed by atoms with Gasteiger partial charge in [-0.15, -0.1) is 0 Å². The van der Waals surface area contributed by atoms with Gasteiger partial charge in [-0.1, -0.05) is 64.4 Å². The molecule has 5 nitrogen and oxygen atoms in total. The highest BCUT2D eigenvalue weighted by Gasteiger charge is 2.28. The first-order chi connectivity index (χ1) is 13.3. The van der Waals surface area contributed by atoms with Crippen molar-refractivity contribution in [1.29, 1.82) is 5.26 Å². The van der Waals surface area contributed by atoms with Crippen molar-refractivity contribution in [2.75, 3.05) is 0 Å². The van der Waals surface area contributed by atoms with E-state index in [9.17, 15) is 14.9 Å². The number of carbonyl (C=O) groups excluding carboxylic acids is 2. The van der Waals surface area contributed by atoms with Gasteiger partial charge in [0.25, 0.3) is 5.91 Å². The van der Waals surface area contributed by atoms with E-state index in [0.29, 0.717) is 17.9 Å². The number of hydrogen-bond donors (Lipinski definition) is 2. The molecule has 2 aromatic rings. The molecule has 148 valence electrons. The van der Waals surface area contributed by atoms with Gasteiger partial charge in [0, 0.05) is 5.56 Å². The lowest BCUT2D eigenvalue weighted by Crippen LogP contribution is -2.52. The molecular weight excluding hydrogens is 350 g/mol. The van der Waals surface area contributed by atoms with Gasteiger partial charge in [-0.3, -0.25) is 9.59 Å². The summed E-state index contributed by atoms with van der Waals surface area (Å²) in [5, 5.41) is 17.0. The van der Waals surface area contributed by atoms with E-state index in [2.05, 4.69) is 16.7 Å². The summed E-state index contributed by atoms with van der Waals surface area (Å²) in [6.45, 7) is 7.91. The third-order valence-corrected chi connectivity index (χ3v) is 4.97. The van der Waals surface area contributed by atoms with Crippen LogP contribution < -0.4 is 10.6 Å². The lowest BCUT2D eigenvalue weighted by molar-refractivity contribution is -0.124. The molecule has 2 rings (SSSR count). The Morgan fingerprint density at radius 3 is 2.32 bits per heavy atom. The van der Waals surface area contributed by atoms with Crippen LogP contribution >= 0.6 is 0 Å². The summed E-state index contributed by atoms with van der Waals surface area (Å²) in [5.74, 6) is -0.360. The van der Waals surface area contributed by atoms with Crippen molar-refractivity contribution in [1.82, 2.24) is 10.6 Å². The van der Waals surface area contributed by atoms with Gasteiger partial charge in [-0.2, -0.15) is 5.26 Å². The van der Waals surface area contributed by atoms with Gasteiger partial charge in [0.1, 0.15) is 12.1 Å². The largest absolute Gasteiger partial charge is 0.340 e. The number of carbonyl (C=O) groups is 2. The number of fused-ring (bicyclic) bond motifs is 1. The van der Waals surface area contributed by atoms with Crippen LogP contribution in [-0.2, 0) is 4.79 Å². The first-order valence-corrected chi connectivity index (χ1v) is 9.85. The second-order valence-corrected chi connectivity index (χ2v) is 7.72. The fraction of sp³-hybridized carbons (Fsp3) is 0.435. The fourth-order valence-corrected chi connectivity index (χ4v) is 3.13. The minimum Gasteiger partial charge on any atom is -0.340 e. The number of benzene rings is 2. The Bertz CT molecular complexity index is 870. The Morgan fingerprint density at radius 1 is 1.04 bits per heavy atom. The third-order valence-electron chi connectivity index (χ3n) is 4.97. The zero-order valence-corrected chi connectivity index (χ0v) is 17.0. The molecule has 0 aliphatic carbocycles. The molecule has 0 bridgehead atoms.